The minimum Gasteiger partial charge on any atom is -0.322 e. The molecule has 1 amide bonds. The number of hydrogen-bond acceptors (Lipinski definition) is 5. The minimum atomic E-state index is -3.45. The molecule has 2 aromatic carbocycles. The zero-order valence-electron chi connectivity index (χ0n) is 14.5. The Balaban J connectivity index is 1.89. The predicted molar refractivity (Wildman–Crippen MR) is 106 cm³/mol. The monoisotopic (exact) mass is 426 g/mol. The Bertz CT molecular complexity index is 1130. The number of aromatic nitrogens is 1. The van der Waals surface area contributed by atoms with Gasteiger partial charge in [-0.3, -0.25) is 4.79 Å². The SMILES string of the molecule is CC(C)CS(=O)(=O)c1nc2ccc(NC(=O)c3cc(F)ccc3Cl)cc2s1. The molecule has 0 fully saturated rings. The van der Waals surface area contributed by atoms with Gasteiger partial charge < -0.3 is 5.32 Å². The molecule has 3 aromatic rings. The minimum absolute atomic E-state index is 0.00659. The van der Waals surface area contributed by atoms with Crippen molar-refractivity contribution in [2.24, 2.45) is 5.92 Å². The molecule has 1 heterocycles. The largest absolute Gasteiger partial charge is 0.322 e. The molecule has 0 atom stereocenters. The van der Waals surface area contributed by atoms with Gasteiger partial charge in [-0.15, -0.1) is 11.3 Å². The fourth-order valence-corrected chi connectivity index (χ4v) is 5.67. The lowest BCUT2D eigenvalue weighted by atomic mass is 10.2. The second-order valence-electron chi connectivity index (χ2n) is 6.42. The van der Waals surface area contributed by atoms with Crippen LogP contribution in [0.5, 0.6) is 0 Å². The Hall–Kier alpha value is -2.03. The summed E-state index contributed by atoms with van der Waals surface area (Å²) in [5.74, 6) is -1.11. The van der Waals surface area contributed by atoms with Crippen molar-refractivity contribution in [1.82, 2.24) is 4.98 Å². The number of sulfone groups is 1. The van der Waals surface area contributed by atoms with Gasteiger partial charge in [-0.25, -0.2) is 17.8 Å². The fourth-order valence-electron chi connectivity index (χ4n) is 2.49. The van der Waals surface area contributed by atoms with Crippen molar-refractivity contribution in [3.05, 3.63) is 52.8 Å². The highest BCUT2D eigenvalue weighted by Crippen LogP contribution is 2.29. The van der Waals surface area contributed by atoms with Gasteiger partial charge in [-0.1, -0.05) is 25.4 Å². The molecule has 0 radical (unpaired) electrons. The molecule has 1 N–H and O–H groups in total. The van der Waals surface area contributed by atoms with Gasteiger partial charge >= 0.3 is 0 Å². The average molecular weight is 427 g/mol. The van der Waals surface area contributed by atoms with Crippen molar-refractivity contribution in [3.8, 4) is 0 Å². The highest BCUT2D eigenvalue weighted by molar-refractivity contribution is 7.93. The van der Waals surface area contributed by atoms with Crippen molar-refractivity contribution >= 4 is 54.6 Å². The molecule has 1 aromatic heterocycles. The first-order chi connectivity index (χ1) is 12.7. The van der Waals surface area contributed by atoms with E-state index in [-0.39, 0.29) is 26.6 Å². The number of benzene rings is 2. The number of rotatable bonds is 5. The van der Waals surface area contributed by atoms with E-state index >= 15 is 0 Å². The fraction of sp³-hybridized carbons (Fsp3) is 0.222. The van der Waals surface area contributed by atoms with Gasteiger partial charge in [0, 0.05) is 5.69 Å². The van der Waals surface area contributed by atoms with E-state index in [4.69, 9.17) is 11.6 Å². The Kier molecular flexibility index (Phi) is 5.50. The van der Waals surface area contributed by atoms with E-state index in [0.29, 0.717) is 15.9 Å². The summed E-state index contributed by atoms with van der Waals surface area (Å²) in [6, 6.07) is 8.40. The highest BCUT2D eigenvalue weighted by Gasteiger charge is 2.21. The molecule has 9 heteroatoms. The number of halogens is 2. The Morgan fingerprint density at radius 3 is 2.70 bits per heavy atom. The number of hydrogen-bond donors (Lipinski definition) is 1. The summed E-state index contributed by atoms with van der Waals surface area (Å²) in [4.78, 5) is 16.5. The molecule has 0 aliphatic heterocycles. The molecule has 0 unspecified atom stereocenters. The van der Waals surface area contributed by atoms with Crippen LogP contribution in [0.25, 0.3) is 10.2 Å². The molecule has 0 saturated carbocycles. The summed E-state index contributed by atoms with van der Waals surface area (Å²) in [5.41, 5.74) is 0.981. The molecule has 0 saturated heterocycles. The smallest absolute Gasteiger partial charge is 0.257 e. The molecule has 0 aliphatic rings. The third-order valence-corrected chi connectivity index (χ3v) is 7.50. The maximum Gasteiger partial charge on any atom is 0.257 e. The first kappa shape index (κ1) is 19.7. The van der Waals surface area contributed by atoms with E-state index in [1.165, 1.54) is 12.1 Å². The summed E-state index contributed by atoms with van der Waals surface area (Å²) in [7, 11) is -3.45. The summed E-state index contributed by atoms with van der Waals surface area (Å²) in [6.45, 7) is 3.66. The van der Waals surface area contributed by atoms with Crippen LogP contribution >= 0.6 is 22.9 Å². The number of nitrogens with zero attached hydrogens (tertiary/aromatic N) is 1. The summed E-state index contributed by atoms with van der Waals surface area (Å²) >= 11 is 7.00. The molecular weight excluding hydrogens is 411 g/mol. The number of nitrogens with one attached hydrogen (secondary N) is 1. The molecule has 0 bridgehead atoms. The quantitative estimate of drug-likeness (QED) is 0.637. The van der Waals surface area contributed by atoms with Crippen LogP contribution in [0.1, 0.15) is 24.2 Å². The van der Waals surface area contributed by atoms with Crippen molar-refractivity contribution in [2.45, 2.75) is 18.2 Å². The second kappa shape index (κ2) is 7.53. The molecule has 0 aliphatic carbocycles. The number of carbonyl (C=O) groups excluding carboxylic acids is 1. The molecule has 3 rings (SSSR count). The summed E-state index contributed by atoms with van der Waals surface area (Å²) in [6.07, 6.45) is 0. The van der Waals surface area contributed by atoms with Crippen LogP contribution in [-0.4, -0.2) is 25.1 Å². The summed E-state index contributed by atoms with van der Waals surface area (Å²) in [5, 5.41) is 2.77. The van der Waals surface area contributed by atoms with E-state index in [2.05, 4.69) is 10.3 Å². The first-order valence-corrected chi connectivity index (χ1v) is 10.9. The van der Waals surface area contributed by atoms with E-state index in [1.54, 1.807) is 18.2 Å². The third kappa shape index (κ3) is 4.45. The van der Waals surface area contributed by atoms with Crippen LogP contribution in [0.2, 0.25) is 5.02 Å². The number of carbonyl (C=O) groups is 1. The van der Waals surface area contributed by atoms with Crippen LogP contribution in [0.4, 0.5) is 10.1 Å². The third-order valence-electron chi connectivity index (χ3n) is 3.62. The van der Waals surface area contributed by atoms with E-state index in [9.17, 15) is 17.6 Å². The first-order valence-electron chi connectivity index (χ1n) is 8.05. The van der Waals surface area contributed by atoms with E-state index in [1.807, 2.05) is 13.8 Å². The second-order valence-corrected chi connectivity index (χ2v) is 10.1. The lowest BCUT2D eigenvalue weighted by Gasteiger charge is -2.07. The van der Waals surface area contributed by atoms with Crippen molar-refractivity contribution in [3.63, 3.8) is 0 Å². The average Bonchev–Trinajstić information content (AvgIpc) is 3.00. The zero-order chi connectivity index (χ0) is 19.8. The number of thiazole rings is 1. The molecule has 5 nitrogen and oxygen atoms in total. The standard InChI is InChI=1S/C18H16ClFN2O3S2/c1-10(2)9-27(24,25)18-22-15-6-4-12(8-16(15)26-18)21-17(23)13-7-11(20)3-5-14(13)19/h3-8,10H,9H2,1-2H3,(H,21,23). The van der Waals surface area contributed by atoms with Crippen LogP contribution < -0.4 is 5.32 Å². The van der Waals surface area contributed by atoms with Gasteiger partial charge in [0.05, 0.1) is 26.6 Å². The van der Waals surface area contributed by atoms with Crippen molar-refractivity contribution in [1.29, 1.82) is 0 Å². The molecule has 142 valence electrons. The van der Waals surface area contributed by atoms with Crippen LogP contribution in [0, 0.1) is 11.7 Å². The molecule has 0 spiro atoms. The van der Waals surface area contributed by atoms with Crippen molar-refractivity contribution < 1.29 is 17.6 Å². The van der Waals surface area contributed by atoms with E-state index in [0.717, 1.165) is 17.4 Å². The zero-order valence-corrected chi connectivity index (χ0v) is 16.9. The topological polar surface area (TPSA) is 76.1 Å². The highest BCUT2D eigenvalue weighted by atomic mass is 35.5. The van der Waals surface area contributed by atoms with E-state index < -0.39 is 21.6 Å². The normalized spacial score (nSPS) is 11.9. The Morgan fingerprint density at radius 2 is 2.00 bits per heavy atom. The summed E-state index contributed by atoms with van der Waals surface area (Å²) < 4.78 is 38.8. The van der Waals surface area contributed by atoms with Crippen LogP contribution in [-0.2, 0) is 9.84 Å². The van der Waals surface area contributed by atoms with Gasteiger partial charge in [-0.2, -0.15) is 0 Å². The van der Waals surface area contributed by atoms with Gasteiger partial charge in [0.1, 0.15) is 5.82 Å². The maximum absolute atomic E-state index is 13.4. The Labute approximate surface area is 165 Å². The van der Waals surface area contributed by atoms with Gasteiger partial charge in [0.2, 0.25) is 14.2 Å². The number of amides is 1. The van der Waals surface area contributed by atoms with Crippen LogP contribution in [0.3, 0.4) is 0 Å². The maximum atomic E-state index is 13.4. The molecule has 27 heavy (non-hydrogen) atoms. The van der Waals surface area contributed by atoms with Gasteiger partial charge in [0.15, 0.2) is 0 Å². The lowest BCUT2D eigenvalue weighted by molar-refractivity contribution is 0.102. The lowest BCUT2D eigenvalue weighted by Crippen LogP contribution is -2.12. The predicted octanol–water partition coefficient (Wildman–Crippen LogP) is 4.77. The van der Waals surface area contributed by atoms with Crippen molar-refractivity contribution in [2.75, 3.05) is 11.1 Å². The van der Waals surface area contributed by atoms with Crippen LogP contribution in [0.15, 0.2) is 40.7 Å². The Morgan fingerprint density at radius 1 is 1.26 bits per heavy atom. The van der Waals surface area contributed by atoms with Gasteiger partial charge in [-0.05, 0) is 42.3 Å². The molecular formula is C18H16ClFN2O3S2. The number of fused-ring (bicyclic) bond motifs is 1. The van der Waals surface area contributed by atoms with Gasteiger partial charge in [0.25, 0.3) is 5.91 Å². The number of anilines is 1.